The van der Waals surface area contributed by atoms with Crippen molar-refractivity contribution in [2.75, 3.05) is 0 Å². The van der Waals surface area contributed by atoms with Crippen molar-refractivity contribution >= 4 is 44.8 Å². The molecule has 0 radical (unpaired) electrons. The maximum absolute atomic E-state index is 5.99. The van der Waals surface area contributed by atoms with Crippen LogP contribution >= 0.6 is 39.1 Å². The van der Waals surface area contributed by atoms with Gasteiger partial charge in [-0.3, -0.25) is 0 Å². The summed E-state index contributed by atoms with van der Waals surface area (Å²) in [5.41, 5.74) is 1.35. The highest BCUT2D eigenvalue weighted by Gasteiger charge is 2.10. The van der Waals surface area contributed by atoms with Gasteiger partial charge in [0.1, 0.15) is 10.2 Å². The number of fused-ring (bicyclic) bond motifs is 1. The third kappa shape index (κ3) is 1.54. The molecule has 2 heterocycles. The fraction of sp³-hybridized carbons (Fsp3) is 0.143. The Morgan fingerprint density at radius 2 is 2.23 bits per heavy atom. The predicted octanol–water partition coefficient (Wildman–Crippen LogP) is 2.93. The second-order valence-electron chi connectivity index (χ2n) is 2.41. The predicted molar refractivity (Wildman–Crippen MR) is 55.6 cm³/mol. The van der Waals surface area contributed by atoms with E-state index in [0.717, 1.165) is 5.69 Å². The van der Waals surface area contributed by atoms with Crippen LogP contribution in [0.1, 0.15) is 5.69 Å². The topological polar surface area (TPSA) is 30.2 Å². The molecule has 0 atom stereocenters. The Labute approximate surface area is 92.8 Å². The molecule has 0 amide bonds. The highest BCUT2D eigenvalue weighted by molar-refractivity contribution is 9.08. The van der Waals surface area contributed by atoms with Crippen LogP contribution in [0.5, 0.6) is 0 Å². The summed E-state index contributed by atoms with van der Waals surface area (Å²) in [6, 6.07) is 1.66. The molecule has 0 saturated heterocycles. The smallest absolute Gasteiger partial charge is 0.175 e. The van der Waals surface area contributed by atoms with Crippen LogP contribution < -0.4 is 0 Å². The quantitative estimate of drug-likeness (QED) is 0.594. The Kier molecular flexibility index (Phi) is 2.45. The monoisotopic (exact) mass is 279 g/mol. The summed E-state index contributed by atoms with van der Waals surface area (Å²) in [6.07, 6.45) is 1.72. The average molecular weight is 281 g/mol. The fourth-order valence-electron chi connectivity index (χ4n) is 1.01. The van der Waals surface area contributed by atoms with Crippen molar-refractivity contribution in [1.82, 2.24) is 14.6 Å². The third-order valence-electron chi connectivity index (χ3n) is 1.59. The molecular weight excluding hydrogens is 277 g/mol. The summed E-state index contributed by atoms with van der Waals surface area (Å²) in [7, 11) is 0. The lowest BCUT2D eigenvalue weighted by molar-refractivity contribution is 0.914. The first-order valence-corrected chi connectivity index (χ1v) is 5.35. The van der Waals surface area contributed by atoms with Crippen molar-refractivity contribution < 1.29 is 0 Å². The van der Waals surface area contributed by atoms with Crippen molar-refractivity contribution in [3.63, 3.8) is 0 Å². The molecular formula is C7H4BrCl2N3. The number of halogens is 3. The van der Waals surface area contributed by atoms with E-state index in [1.165, 1.54) is 0 Å². The lowest BCUT2D eigenvalue weighted by atomic mass is 10.5. The van der Waals surface area contributed by atoms with Crippen LogP contribution in [-0.4, -0.2) is 14.6 Å². The second-order valence-corrected chi connectivity index (χ2v) is 3.74. The minimum atomic E-state index is 0.412. The number of aromatic nitrogens is 3. The molecule has 0 unspecified atom stereocenters. The standard InChI is InChI=1S/C7H4BrCl2N3/c8-3-4-6(10)7-11-5(9)1-2-13(7)12-4/h1-2H,3H2. The van der Waals surface area contributed by atoms with Crippen LogP contribution in [0.2, 0.25) is 10.2 Å². The molecule has 13 heavy (non-hydrogen) atoms. The summed E-state index contributed by atoms with van der Waals surface area (Å²) >= 11 is 15.0. The second kappa shape index (κ2) is 3.44. The van der Waals surface area contributed by atoms with Crippen LogP contribution in [-0.2, 0) is 5.33 Å². The SMILES string of the molecule is Clc1ccn2nc(CBr)c(Cl)c2n1. The number of nitrogens with zero attached hydrogens (tertiary/aromatic N) is 3. The summed E-state index contributed by atoms with van der Waals surface area (Å²) in [5.74, 6) is 0. The number of alkyl halides is 1. The number of hydrogen-bond acceptors (Lipinski definition) is 2. The molecule has 2 aromatic rings. The molecule has 68 valence electrons. The highest BCUT2D eigenvalue weighted by Crippen LogP contribution is 2.22. The zero-order valence-electron chi connectivity index (χ0n) is 6.34. The first-order chi connectivity index (χ1) is 6.22. The molecule has 0 aliphatic carbocycles. The van der Waals surface area contributed by atoms with E-state index in [4.69, 9.17) is 23.2 Å². The maximum Gasteiger partial charge on any atom is 0.175 e. The first-order valence-electron chi connectivity index (χ1n) is 3.47. The van der Waals surface area contributed by atoms with E-state index in [1.54, 1.807) is 16.8 Å². The van der Waals surface area contributed by atoms with E-state index >= 15 is 0 Å². The molecule has 2 rings (SSSR count). The summed E-state index contributed by atoms with van der Waals surface area (Å²) in [5, 5.41) is 5.75. The lowest BCUT2D eigenvalue weighted by Gasteiger charge is -1.91. The van der Waals surface area contributed by atoms with E-state index in [1.807, 2.05) is 0 Å². The Morgan fingerprint density at radius 3 is 2.92 bits per heavy atom. The summed E-state index contributed by atoms with van der Waals surface area (Å²) in [4.78, 5) is 4.06. The van der Waals surface area contributed by atoms with Gasteiger partial charge < -0.3 is 0 Å². The molecule has 0 saturated carbocycles. The van der Waals surface area contributed by atoms with Gasteiger partial charge in [0.05, 0.1) is 5.69 Å². The minimum absolute atomic E-state index is 0.412. The van der Waals surface area contributed by atoms with E-state index in [2.05, 4.69) is 26.0 Å². The third-order valence-corrected chi connectivity index (χ3v) is 2.72. The molecule has 0 aromatic carbocycles. The van der Waals surface area contributed by atoms with Crippen molar-refractivity contribution in [1.29, 1.82) is 0 Å². The molecule has 3 nitrogen and oxygen atoms in total. The molecule has 0 aliphatic heterocycles. The first kappa shape index (κ1) is 9.24. The van der Waals surface area contributed by atoms with E-state index in [9.17, 15) is 0 Å². The van der Waals surface area contributed by atoms with Crippen LogP contribution in [0.3, 0.4) is 0 Å². The molecule has 0 aliphatic rings. The Bertz CT molecular complexity index is 454. The Hall–Kier alpha value is -0.320. The summed E-state index contributed by atoms with van der Waals surface area (Å²) in [6.45, 7) is 0. The molecule has 0 spiro atoms. The van der Waals surface area contributed by atoms with Gasteiger partial charge in [0.25, 0.3) is 0 Å². The molecule has 0 fully saturated rings. The fourth-order valence-corrected chi connectivity index (χ4v) is 1.93. The van der Waals surface area contributed by atoms with Gasteiger partial charge in [0, 0.05) is 11.5 Å². The zero-order valence-corrected chi connectivity index (χ0v) is 9.44. The largest absolute Gasteiger partial charge is 0.221 e. The van der Waals surface area contributed by atoms with E-state index in [-0.39, 0.29) is 0 Å². The number of rotatable bonds is 1. The zero-order chi connectivity index (χ0) is 9.42. The van der Waals surface area contributed by atoms with Gasteiger partial charge in [-0.1, -0.05) is 39.1 Å². The minimum Gasteiger partial charge on any atom is -0.221 e. The lowest BCUT2D eigenvalue weighted by Crippen LogP contribution is -1.88. The Morgan fingerprint density at radius 1 is 1.46 bits per heavy atom. The van der Waals surface area contributed by atoms with Crippen LogP contribution in [0.25, 0.3) is 5.65 Å². The van der Waals surface area contributed by atoms with Gasteiger partial charge in [-0.05, 0) is 6.07 Å². The van der Waals surface area contributed by atoms with Gasteiger partial charge in [-0.25, -0.2) is 9.50 Å². The van der Waals surface area contributed by atoms with Crippen molar-refractivity contribution in [3.8, 4) is 0 Å². The molecule has 6 heteroatoms. The Balaban J connectivity index is 2.77. The van der Waals surface area contributed by atoms with Gasteiger partial charge in [0.2, 0.25) is 0 Å². The van der Waals surface area contributed by atoms with E-state index in [0.29, 0.717) is 21.2 Å². The van der Waals surface area contributed by atoms with Gasteiger partial charge in [-0.2, -0.15) is 5.10 Å². The van der Waals surface area contributed by atoms with Gasteiger partial charge >= 0.3 is 0 Å². The van der Waals surface area contributed by atoms with Crippen molar-refractivity contribution in [2.24, 2.45) is 0 Å². The molecule has 2 aromatic heterocycles. The van der Waals surface area contributed by atoms with E-state index < -0.39 is 0 Å². The van der Waals surface area contributed by atoms with Crippen LogP contribution in [0, 0.1) is 0 Å². The highest BCUT2D eigenvalue weighted by atomic mass is 79.9. The van der Waals surface area contributed by atoms with Gasteiger partial charge in [0.15, 0.2) is 5.65 Å². The molecule has 0 N–H and O–H groups in total. The van der Waals surface area contributed by atoms with Crippen LogP contribution in [0.15, 0.2) is 12.3 Å². The summed E-state index contributed by atoms with van der Waals surface area (Å²) < 4.78 is 1.60. The van der Waals surface area contributed by atoms with Crippen molar-refractivity contribution in [2.45, 2.75) is 5.33 Å². The number of hydrogen-bond donors (Lipinski definition) is 0. The normalized spacial score (nSPS) is 11.0. The van der Waals surface area contributed by atoms with Crippen LogP contribution in [0.4, 0.5) is 0 Å². The maximum atomic E-state index is 5.99. The average Bonchev–Trinajstić information content (AvgIpc) is 2.44. The molecule has 0 bridgehead atoms. The van der Waals surface area contributed by atoms with Gasteiger partial charge in [-0.15, -0.1) is 0 Å². The van der Waals surface area contributed by atoms with Crippen molar-refractivity contribution in [3.05, 3.63) is 28.1 Å².